The Kier molecular flexibility index (Phi) is 5.09. The van der Waals surface area contributed by atoms with Gasteiger partial charge in [0.25, 0.3) is 0 Å². The van der Waals surface area contributed by atoms with E-state index in [1.165, 1.54) is 11.3 Å². The van der Waals surface area contributed by atoms with Crippen LogP contribution in [-0.4, -0.2) is 21.9 Å². The normalized spacial score (nSPS) is 27.3. The van der Waals surface area contributed by atoms with Crippen LogP contribution in [0.15, 0.2) is 0 Å². The van der Waals surface area contributed by atoms with E-state index in [9.17, 15) is 9.59 Å². The molecule has 23 heavy (non-hydrogen) atoms. The molecular weight excluding hydrogens is 310 g/mol. The van der Waals surface area contributed by atoms with Gasteiger partial charge < -0.3 is 5.32 Å². The number of amides is 1. The number of nitrogens with zero attached hydrogens (tertiary/aromatic N) is 2. The number of carbonyl (C=O) groups is 2. The summed E-state index contributed by atoms with van der Waals surface area (Å²) in [6, 6.07) is 0. The predicted octanol–water partition coefficient (Wildman–Crippen LogP) is 3.78. The van der Waals surface area contributed by atoms with E-state index in [1.807, 2.05) is 0 Å². The SMILES string of the molecule is CCC(CC)c1nnc(NC(=O)C2CC3CCCC(C2)C3=O)s1. The molecule has 2 aliphatic carbocycles. The van der Waals surface area contributed by atoms with Crippen molar-refractivity contribution >= 4 is 28.2 Å². The van der Waals surface area contributed by atoms with Crippen LogP contribution in [-0.2, 0) is 9.59 Å². The van der Waals surface area contributed by atoms with Crippen molar-refractivity contribution in [3.05, 3.63) is 5.01 Å². The van der Waals surface area contributed by atoms with Gasteiger partial charge in [-0.2, -0.15) is 0 Å². The van der Waals surface area contributed by atoms with Gasteiger partial charge in [0.1, 0.15) is 10.8 Å². The highest BCUT2D eigenvalue weighted by molar-refractivity contribution is 7.15. The van der Waals surface area contributed by atoms with Crippen molar-refractivity contribution in [3.63, 3.8) is 0 Å². The van der Waals surface area contributed by atoms with Crippen molar-refractivity contribution in [3.8, 4) is 0 Å². The van der Waals surface area contributed by atoms with E-state index in [-0.39, 0.29) is 23.7 Å². The van der Waals surface area contributed by atoms with Gasteiger partial charge in [-0.3, -0.25) is 9.59 Å². The molecule has 126 valence electrons. The van der Waals surface area contributed by atoms with E-state index < -0.39 is 0 Å². The zero-order valence-electron chi connectivity index (χ0n) is 13.9. The number of aromatic nitrogens is 2. The van der Waals surface area contributed by atoms with Crippen molar-refractivity contribution in [1.29, 1.82) is 0 Å². The number of anilines is 1. The Morgan fingerprint density at radius 1 is 1.22 bits per heavy atom. The Bertz CT molecular complexity index is 566. The summed E-state index contributed by atoms with van der Waals surface area (Å²) in [4.78, 5) is 24.7. The largest absolute Gasteiger partial charge is 0.300 e. The highest BCUT2D eigenvalue weighted by atomic mass is 32.1. The summed E-state index contributed by atoms with van der Waals surface area (Å²) >= 11 is 1.48. The van der Waals surface area contributed by atoms with Gasteiger partial charge in [-0.05, 0) is 38.5 Å². The summed E-state index contributed by atoms with van der Waals surface area (Å²) in [6.45, 7) is 4.29. The fraction of sp³-hybridized carbons (Fsp3) is 0.765. The van der Waals surface area contributed by atoms with Crippen LogP contribution in [0.25, 0.3) is 0 Å². The molecule has 1 heterocycles. The van der Waals surface area contributed by atoms with Gasteiger partial charge in [-0.1, -0.05) is 31.6 Å². The molecule has 0 radical (unpaired) electrons. The summed E-state index contributed by atoms with van der Waals surface area (Å²) in [6.07, 6.45) is 6.52. The molecule has 1 aromatic rings. The van der Waals surface area contributed by atoms with Crippen LogP contribution >= 0.6 is 11.3 Å². The molecule has 0 aliphatic heterocycles. The smallest absolute Gasteiger partial charge is 0.229 e. The summed E-state index contributed by atoms with van der Waals surface area (Å²) in [7, 11) is 0. The van der Waals surface area contributed by atoms with Crippen molar-refractivity contribution in [2.75, 3.05) is 5.32 Å². The first-order chi connectivity index (χ1) is 11.1. The summed E-state index contributed by atoms with van der Waals surface area (Å²) in [5, 5.41) is 12.9. The summed E-state index contributed by atoms with van der Waals surface area (Å²) < 4.78 is 0. The number of rotatable bonds is 5. The number of Topliss-reactive ketones (excluding diaryl/α,β-unsaturated/α-hetero) is 1. The fourth-order valence-corrected chi connectivity index (χ4v) is 5.00. The minimum atomic E-state index is -0.0523. The predicted molar refractivity (Wildman–Crippen MR) is 90.4 cm³/mol. The van der Waals surface area contributed by atoms with E-state index in [0.717, 1.165) is 37.1 Å². The van der Waals surface area contributed by atoms with E-state index in [1.54, 1.807) is 0 Å². The molecular formula is C17H25N3O2S. The van der Waals surface area contributed by atoms with Crippen LogP contribution in [0.1, 0.15) is 69.7 Å². The second kappa shape index (κ2) is 7.07. The lowest BCUT2D eigenvalue weighted by Crippen LogP contribution is -2.40. The third kappa shape index (κ3) is 3.47. The van der Waals surface area contributed by atoms with Gasteiger partial charge in [0.2, 0.25) is 11.0 Å². The quantitative estimate of drug-likeness (QED) is 0.889. The molecule has 5 nitrogen and oxygen atoms in total. The maximum atomic E-state index is 12.5. The van der Waals surface area contributed by atoms with Crippen LogP contribution < -0.4 is 5.32 Å². The highest BCUT2D eigenvalue weighted by Gasteiger charge is 2.41. The number of hydrogen-bond acceptors (Lipinski definition) is 5. The fourth-order valence-electron chi connectivity index (χ4n) is 3.99. The molecule has 2 fully saturated rings. The van der Waals surface area contributed by atoms with Gasteiger partial charge in [0, 0.05) is 23.7 Å². The van der Waals surface area contributed by atoms with Crippen LogP contribution in [0.3, 0.4) is 0 Å². The summed E-state index contributed by atoms with van der Waals surface area (Å²) in [5.41, 5.74) is 0. The molecule has 2 unspecified atom stereocenters. The molecule has 3 rings (SSSR count). The molecule has 2 atom stereocenters. The first-order valence-corrected chi connectivity index (χ1v) is 9.62. The van der Waals surface area contributed by atoms with E-state index in [0.29, 0.717) is 29.7 Å². The molecule has 6 heteroatoms. The minimum Gasteiger partial charge on any atom is -0.300 e. The number of ketones is 1. The topological polar surface area (TPSA) is 72.0 Å². The first-order valence-electron chi connectivity index (χ1n) is 8.80. The molecule has 2 aliphatic rings. The average molecular weight is 335 g/mol. The van der Waals surface area contributed by atoms with E-state index in [4.69, 9.17) is 0 Å². The maximum absolute atomic E-state index is 12.5. The molecule has 0 aromatic carbocycles. The lowest BCUT2D eigenvalue weighted by Gasteiger charge is -2.36. The van der Waals surface area contributed by atoms with Crippen LogP contribution in [0.2, 0.25) is 0 Å². The van der Waals surface area contributed by atoms with Gasteiger partial charge in [0.05, 0.1) is 0 Å². The second-order valence-corrected chi connectivity index (χ2v) is 7.85. The highest BCUT2D eigenvalue weighted by Crippen LogP contribution is 2.40. The Labute approximate surface area is 141 Å². The summed E-state index contributed by atoms with van der Waals surface area (Å²) in [5.74, 6) is 0.989. The van der Waals surface area contributed by atoms with Gasteiger partial charge in [-0.15, -0.1) is 10.2 Å². The van der Waals surface area contributed by atoms with Crippen LogP contribution in [0, 0.1) is 17.8 Å². The van der Waals surface area contributed by atoms with Crippen molar-refractivity contribution < 1.29 is 9.59 Å². The molecule has 1 N–H and O–H groups in total. The molecule has 1 aromatic heterocycles. The van der Waals surface area contributed by atoms with Crippen LogP contribution in [0.4, 0.5) is 5.13 Å². The zero-order chi connectivity index (χ0) is 16.4. The monoisotopic (exact) mass is 335 g/mol. The van der Waals surface area contributed by atoms with Gasteiger partial charge >= 0.3 is 0 Å². The van der Waals surface area contributed by atoms with Crippen molar-refractivity contribution in [2.45, 2.75) is 64.7 Å². The molecule has 1 amide bonds. The molecule has 0 spiro atoms. The van der Waals surface area contributed by atoms with Crippen LogP contribution in [0.5, 0.6) is 0 Å². The Hall–Kier alpha value is -1.30. The molecule has 2 bridgehead atoms. The lowest BCUT2D eigenvalue weighted by molar-refractivity contribution is -0.136. The second-order valence-electron chi connectivity index (χ2n) is 6.84. The average Bonchev–Trinajstić information content (AvgIpc) is 2.96. The number of hydrogen-bond donors (Lipinski definition) is 1. The Morgan fingerprint density at radius 3 is 2.48 bits per heavy atom. The van der Waals surface area contributed by atoms with Crippen molar-refractivity contribution in [2.24, 2.45) is 17.8 Å². The molecule has 2 saturated carbocycles. The van der Waals surface area contributed by atoms with E-state index in [2.05, 4.69) is 29.4 Å². The van der Waals surface area contributed by atoms with Gasteiger partial charge in [-0.25, -0.2) is 0 Å². The Balaban J connectivity index is 1.62. The maximum Gasteiger partial charge on any atom is 0.229 e. The first kappa shape index (κ1) is 16.6. The third-order valence-corrected chi connectivity index (χ3v) is 6.43. The standard InChI is InChI=1S/C17H25N3O2S/c1-3-10(4-2)16-19-20-17(23-16)18-15(22)13-8-11-6-5-7-12(9-13)14(11)21/h10-13H,3-9H2,1-2H3,(H,18,20,22). The number of carbonyl (C=O) groups excluding carboxylic acids is 2. The lowest BCUT2D eigenvalue weighted by atomic mass is 9.67. The minimum absolute atomic E-state index is 0.0154. The third-order valence-electron chi connectivity index (χ3n) is 5.42. The van der Waals surface area contributed by atoms with E-state index >= 15 is 0 Å². The Morgan fingerprint density at radius 2 is 1.87 bits per heavy atom. The zero-order valence-corrected chi connectivity index (χ0v) is 14.7. The molecule has 0 saturated heterocycles. The van der Waals surface area contributed by atoms with Crippen molar-refractivity contribution in [1.82, 2.24) is 10.2 Å². The number of nitrogens with one attached hydrogen (secondary N) is 1. The van der Waals surface area contributed by atoms with Gasteiger partial charge in [0.15, 0.2) is 0 Å². The number of fused-ring (bicyclic) bond motifs is 2.